The minimum Gasteiger partial charge on any atom is -0.490 e. The van der Waals surface area contributed by atoms with Gasteiger partial charge >= 0.3 is 12.1 Å². The lowest BCUT2D eigenvalue weighted by Crippen LogP contribution is -2.55. The Bertz CT molecular complexity index is 771. The van der Waals surface area contributed by atoms with E-state index in [0.717, 1.165) is 24.8 Å². The largest absolute Gasteiger partial charge is 0.490 e. The van der Waals surface area contributed by atoms with Crippen LogP contribution in [-0.4, -0.2) is 53.9 Å². The highest BCUT2D eigenvalue weighted by Crippen LogP contribution is 2.50. The highest BCUT2D eigenvalue weighted by molar-refractivity contribution is 5.81. The molecule has 1 amide bonds. The third-order valence-electron chi connectivity index (χ3n) is 5.19. The molecule has 2 fully saturated rings. The third-order valence-corrected chi connectivity index (χ3v) is 5.19. The molecule has 0 radical (unpaired) electrons. The monoisotopic (exact) mass is 402 g/mol. The molecule has 0 unspecified atom stereocenters. The number of pyridine rings is 1. The molecule has 0 aromatic carbocycles. The van der Waals surface area contributed by atoms with Crippen molar-refractivity contribution >= 4 is 12.1 Å². The topological polar surface area (TPSA) is 78.0 Å². The summed E-state index contributed by atoms with van der Waals surface area (Å²) in [6.07, 6.45) is 9.46. The minimum absolute atomic E-state index is 0.0330. The molecule has 0 N–H and O–H groups in total. The summed E-state index contributed by atoms with van der Waals surface area (Å²) in [4.78, 5) is 29.4. The van der Waals surface area contributed by atoms with Crippen LogP contribution in [0.5, 0.6) is 5.75 Å². The summed E-state index contributed by atoms with van der Waals surface area (Å²) in [5, 5.41) is 0. The highest BCUT2D eigenvalue weighted by atomic mass is 16.6. The first kappa shape index (κ1) is 21.1. The molecule has 1 aliphatic heterocycles. The highest BCUT2D eigenvalue weighted by Gasteiger charge is 2.38. The van der Waals surface area contributed by atoms with Crippen molar-refractivity contribution in [3.05, 3.63) is 36.2 Å². The smallest absolute Gasteiger partial charge is 0.410 e. The Morgan fingerprint density at radius 2 is 2.10 bits per heavy atom. The van der Waals surface area contributed by atoms with Crippen molar-refractivity contribution in [1.29, 1.82) is 0 Å². The van der Waals surface area contributed by atoms with Gasteiger partial charge in [-0.3, -0.25) is 4.98 Å². The number of nitrogens with zero attached hydrogens (tertiary/aromatic N) is 2. The van der Waals surface area contributed by atoms with Gasteiger partial charge in [-0.05, 0) is 63.5 Å². The molecular formula is C22H30N2O5. The molecule has 2 aliphatic rings. The van der Waals surface area contributed by atoms with Gasteiger partial charge in [0.25, 0.3) is 0 Å². The molecule has 1 aromatic rings. The summed E-state index contributed by atoms with van der Waals surface area (Å²) in [5.74, 6) is 1.35. The van der Waals surface area contributed by atoms with Gasteiger partial charge in [-0.1, -0.05) is 6.08 Å². The van der Waals surface area contributed by atoms with Crippen LogP contribution < -0.4 is 4.74 Å². The molecule has 2 heterocycles. The van der Waals surface area contributed by atoms with Gasteiger partial charge in [-0.2, -0.15) is 0 Å². The van der Waals surface area contributed by atoms with Crippen LogP contribution in [0.3, 0.4) is 0 Å². The zero-order valence-corrected chi connectivity index (χ0v) is 17.6. The van der Waals surface area contributed by atoms with Gasteiger partial charge in [-0.15, -0.1) is 0 Å². The van der Waals surface area contributed by atoms with Crippen molar-refractivity contribution in [1.82, 2.24) is 9.88 Å². The van der Waals surface area contributed by atoms with Crippen LogP contribution >= 0.6 is 0 Å². The summed E-state index contributed by atoms with van der Waals surface area (Å²) in [6.45, 7) is 6.72. The van der Waals surface area contributed by atoms with E-state index in [1.165, 1.54) is 13.2 Å². The zero-order valence-electron chi connectivity index (χ0n) is 17.6. The second kappa shape index (κ2) is 8.84. The maximum absolute atomic E-state index is 12.2. The van der Waals surface area contributed by atoms with Crippen molar-refractivity contribution in [2.75, 3.05) is 20.3 Å². The molecule has 158 valence electrons. The van der Waals surface area contributed by atoms with E-state index in [1.807, 2.05) is 39.1 Å². The predicted octanol–water partition coefficient (Wildman–Crippen LogP) is 3.69. The molecule has 3 atom stereocenters. The molecule has 1 aromatic heterocycles. The van der Waals surface area contributed by atoms with Gasteiger partial charge in [0.2, 0.25) is 0 Å². The maximum Gasteiger partial charge on any atom is 0.410 e. The van der Waals surface area contributed by atoms with Crippen LogP contribution in [0.2, 0.25) is 0 Å². The maximum atomic E-state index is 12.2. The van der Waals surface area contributed by atoms with E-state index in [0.29, 0.717) is 30.7 Å². The summed E-state index contributed by atoms with van der Waals surface area (Å²) >= 11 is 0. The van der Waals surface area contributed by atoms with Gasteiger partial charge in [0.15, 0.2) is 0 Å². The Kier molecular flexibility index (Phi) is 6.45. The summed E-state index contributed by atoms with van der Waals surface area (Å²) < 4.78 is 15.9. The van der Waals surface area contributed by atoms with Crippen molar-refractivity contribution in [2.45, 2.75) is 57.6 Å². The Morgan fingerprint density at radius 3 is 2.76 bits per heavy atom. The van der Waals surface area contributed by atoms with Crippen molar-refractivity contribution in [3.63, 3.8) is 0 Å². The Morgan fingerprint density at radius 1 is 1.31 bits per heavy atom. The van der Waals surface area contributed by atoms with Crippen LogP contribution in [0, 0.1) is 5.92 Å². The number of likely N-dealkylation sites (tertiary alicyclic amines) is 1. The molecule has 7 heteroatoms. The molecule has 0 bridgehead atoms. The molecule has 1 aliphatic carbocycles. The molecule has 1 saturated carbocycles. The van der Waals surface area contributed by atoms with E-state index >= 15 is 0 Å². The molecule has 0 spiro atoms. The number of rotatable bonds is 7. The minimum atomic E-state index is -0.497. The van der Waals surface area contributed by atoms with E-state index in [-0.39, 0.29) is 18.1 Å². The summed E-state index contributed by atoms with van der Waals surface area (Å²) in [5.41, 5.74) is 0.653. The fourth-order valence-corrected chi connectivity index (χ4v) is 3.41. The van der Waals surface area contributed by atoms with Gasteiger partial charge in [0.1, 0.15) is 18.0 Å². The quantitative estimate of drug-likeness (QED) is 0.511. The predicted molar refractivity (Wildman–Crippen MR) is 108 cm³/mol. The van der Waals surface area contributed by atoms with E-state index < -0.39 is 5.60 Å². The van der Waals surface area contributed by atoms with Crippen molar-refractivity contribution < 1.29 is 23.8 Å². The van der Waals surface area contributed by atoms with Gasteiger partial charge in [-0.25, -0.2) is 9.59 Å². The van der Waals surface area contributed by atoms with E-state index in [1.54, 1.807) is 11.1 Å². The van der Waals surface area contributed by atoms with Crippen molar-refractivity contribution in [2.24, 2.45) is 5.92 Å². The molecule has 7 nitrogen and oxygen atoms in total. The van der Waals surface area contributed by atoms with Crippen LogP contribution in [0.4, 0.5) is 4.79 Å². The number of aromatic nitrogens is 1. The fourth-order valence-electron chi connectivity index (χ4n) is 3.41. The number of hydrogen-bond acceptors (Lipinski definition) is 6. The van der Waals surface area contributed by atoms with Gasteiger partial charge in [0, 0.05) is 18.8 Å². The van der Waals surface area contributed by atoms with Crippen LogP contribution in [0.25, 0.3) is 0 Å². The standard InChI is InChI=1S/C22H30N2O5/c1-22(2,3)29-21(26)24-9-8-17(24)14-28-18-10-16(12-23-13-18)19-11-15(19)6-5-7-20(25)27-4/h5,7,10,12-13,15,17,19H,6,8-9,11,14H2,1-4H3/b7-5+/t15-,17+,19+/m1/s1. The van der Waals surface area contributed by atoms with E-state index in [4.69, 9.17) is 9.47 Å². The summed E-state index contributed by atoms with van der Waals surface area (Å²) in [7, 11) is 1.38. The number of methoxy groups -OCH3 is 1. The SMILES string of the molecule is COC(=O)/C=C/C[C@@H]1C[C@@H]1c1cncc(OC[C@@H]2CCN2C(=O)OC(C)(C)C)c1. The number of amides is 1. The molecule has 3 rings (SSSR count). The average molecular weight is 402 g/mol. The Hall–Kier alpha value is -2.57. The van der Waals surface area contributed by atoms with Crippen molar-refractivity contribution in [3.8, 4) is 5.75 Å². The molecular weight excluding hydrogens is 372 g/mol. The second-order valence-electron chi connectivity index (χ2n) is 8.64. The molecule has 29 heavy (non-hydrogen) atoms. The number of carbonyl (C=O) groups is 2. The lowest BCUT2D eigenvalue weighted by atomic mass is 10.1. The van der Waals surface area contributed by atoms with Crippen LogP contribution in [0.1, 0.15) is 51.5 Å². The second-order valence-corrected chi connectivity index (χ2v) is 8.64. The van der Waals surface area contributed by atoms with Gasteiger partial charge in [0.05, 0.1) is 19.3 Å². The normalized spacial score (nSPS) is 23.4. The fraction of sp³-hybridized carbons (Fsp3) is 0.591. The zero-order chi connectivity index (χ0) is 21.0. The van der Waals surface area contributed by atoms with E-state index in [2.05, 4.69) is 9.72 Å². The van der Waals surface area contributed by atoms with Crippen LogP contribution in [-0.2, 0) is 14.3 Å². The third kappa shape index (κ3) is 5.95. The Balaban J connectivity index is 1.47. The van der Waals surface area contributed by atoms with E-state index in [9.17, 15) is 9.59 Å². The lowest BCUT2D eigenvalue weighted by Gasteiger charge is -2.40. The molecule has 1 saturated heterocycles. The summed E-state index contributed by atoms with van der Waals surface area (Å²) in [6, 6.07) is 2.06. The number of hydrogen-bond donors (Lipinski definition) is 0. The Labute approximate surface area is 172 Å². The number of esters is 1. The lowest BCUT2D eigenvalue weighted by molar-refractivity contribution is -0.134. The first-order valence-electron chi connectivity index (χ1n) is 10.1. The number of allylic oxidation sites excluding steroid dienone is 1. The first-order valence-corrected chi connectivity index (χ1v) is 10.1. The number of ether oxygens (including phenoxy) is 3. The average Bonchev–Trinajstić information content (AvgIpc) is 3.39. The first-order chi connectivity index (χ1) is 13.8. The van der Waals surface area contributed by atoms with Crippen LogP contribution in [0.15, 0.2) is 30.6 Å². The van der Waals surface area contributed by atoms with Gasteiger partial charge < -0.3 is 19.1 Å². The number of carbonyl (C=O) groups excluding carboxylic acids is 2.